The van der Waals surface area contributed by atoms with Crippen LogP contribution < -0.4 is 4.90 Å². The fourth-order valence-electron chi connectivity index (χ4n) is 2.32. The van der Waals surface area contributed by atoms with E-state index in [2.05, 4.69) is 4.98 Å². The number of hydrogen-bond donors (Lipinski definition) is 1. The lowest BCUT2D eigenvalue weighted by atomic mass is 9.99. The summed E-state index contributed by atoms with van der Waals surface area (Å²) in [6.45, 7) is 0.980. The number of aromatic nitrogens is 1. The van der Waals surface area contributed by atoms with Crippen LogP contribution in [-0.4, -0.2) is 29.3 Å². The third-order valence-corrected chi connectivity index (χ3v) is 3.10. The molecule has 1 aliphatic rings. The van der Waals surface area contributed by atoms with Gasteiger partial charge in [0.15, 0.2) is 11.6 Å². The summed E-state index contributed by atoms with van der Waals surface area (Å²) >= 11 is 0. The molecule has 0 bridgehead atoms. The van der Waals surface area contributed by atoms with Gasteiger partial charge in [0.25, 0.3) is 0 Å². The monoisotopic (exact) mass is 224 g/mol. The van der Waals surface area contributed by atoms with Crippen LogP contribution in [0, 0.1) is 5.82 Å². The normalized spacial score (nSPS) is 21.1. The number of aliphatic hydroxyl groups excluding tert-OH is 1. The first-order valence-corrected chi connectivity index (χ1v) is 5.81. The quantitative estimate of drug-likeness (QED) is 0.852. The minimum absolute atomic E-state index is 0.148. The number of nitrogens with zero attached hydrogens (tertiary/aromatic N) is 2. The molecular weight excluding hydrogens is 207 g/mol. The van der Waals surface area contributed by atoms with Crippen LogP contribution in [0.4, 0.5) is 10.2 Å². The molecule has 2 rings (SSSR count). The summed E-state index contributed by atoms with van der Waals surface area (Å²) in [7, 11) is 0. The molecule has 16 heavy (non-hydrogen) atoms. The first-order valence-electron chi connectivity index (χ1n) is 5.81. The van der Waals surface area contributed by atoms with Crippen molar-refractivity contribution in [1.82, 2.24) is 4.98 Å². The number of hydrogen-bond acceptors (Lipinski definition) is 3. The summed E-state index contributed by atoms with van der Waals surface area (Å²) in [6.07, 6.45) is 5.53. The van der Waals surface area contributed by atoms with Crippen molar-refractivity contribution in [2.45, 2.75) is 31.7 Å². The second kappa shape index (κ2) is 5.25. The summed E-state index contributed by atoms with van der Waals surface area (Å²) in [6, 6.07) is 3.26. The zero-order chi connectivity index (χ0) is 11.4. The molecule has 1 aliphatic heterocycles. The van der Waals surface area contributed by atoms with Crippen molar-refractivity contribution in [3.05, 3.63) is 24.1 Å². The zero-order valence-corrected chi connectivity index (χ0v) is 9.27. The highest BCUT2D eigenvalue weighted by molar-refractivity contribution is 5.41. The van der Waals surface area contributed by atoms with E-state index in [0.29, 0.717) is 12.2 Å². The topological polar surface area (TPSA) is 36.4 Å². The smallest absolute Gasteiger partial charge is 0.165 e. The van der Waals surface area contributed by atoms with Gasteiger partial charge in [-0.3, -0.25) is 0 Å². The van der Waals surface area contributed by atoms with E-state index in [-0.39, 0.29) is 18.5 Å². The van der Waals surface area contributed by atoms with Gasteiger partial charge in [-0.05, 0) is 37.8 Å². The maximum atomic E-state index is 13.6. The molecule has 1 fully saturated rings. The maximum absolute atomic E-state index is 13.6. The van der Waals surface area contributed by atoms with Gasteiger partial charge in [0.05, 0.1) is 0 Å². The standard InChI is InChI=1S/C12H17FN2O/c13-11-5-3-7-14-12(11)15-8-2-1-4-10(15)6-9-16/h3,5,7,10,16H,1-2,4,6,8-9H2. The van der Waals surface area contributed by atoms with Crippen molar-refractivity contribution in [2.75, 3.05) is 18.1 Å². The van der Waals surface area contributed by atoms with E-state index in [1.54, 1.807) is 12.3 Å². The Morgan fingerprint density at radius 3 is 3.12 bits per heavy atom. The Hall–Kier alpha value is -1.16. The van der Waals surface area contributed by atoms with Crippen molar-refractivity contribution in [3.8, 4) is 0 Å². The molecule has 0 spiro atoms. The summed E-state index contributed by atoms with van der Waals surface area (Å²) in [4.78, 5) is 6.10. The predicted molar refractivity (Wildman–Crippen MR) is 60.9 cm³/mol. The molecule has 1 aromatic heterocycles. The minimum Gasteiger partial charge on any atom is -0.396 e. The molecule has 0 saturated carbocycles. The first kappa shape index (κ1) is 11.3. The van der Waals surface area contributed by atoms with E-state index >= 15 is 0 Å². The van der Waals surface area contributed by atoms with Crippen molar-refractivity contribution >= 4 is 5.82 Å². The van der Waals surface area contributed by atoms with E-state index in [9.17, 15) is 4.39 Å². The summed E-state index contributed by atoms with van der Waals surface area (Å²) in [5.74, 6) is 0.160. The van der Waals surface area contributed by atoms with Gasteiger partial charge in [-0.15, -0.1) is 0 Å². The molecule has 2 heterocycles. The van der Waals surface area contributed by atoms with Crippen LogP contribution in [0.5, 0.6) is 0 Å². The van der Waals surface area contributed by atoms with Gasteiger partial charge in [-0.25, -0.2) is 9.37 Å². The molecule has 0 amide bonds. The highest BCUT2D eigenvalue weighted by atomic mass is 19.1. The van der Waals surface area contributed by atoms with E-state index in [0.717, 1.165) is 25.8 Å². The Morgan fingerprint density at radius 2 is 2.38 bits per heavy atom. The molecule has 1 atom stereocenters. The van der Waals surface area contributed by atoms with Gasteiger partial charge in [0.1, 0.15) is 0 Å². The average Bonchev–Trinajstić information content (AvgIpc) is 2.31. The van der Waals surface area contributed by atoms with Gasteiger partial charge in [0, 0.05) is 25.4 Å². The Balaban J connectivity index is 2.19. The fraction of sp³-hybridized carbons (Fsp3) is 0.583. The number of piperidine rings is 1. The molecule has 0 aromatic carbocycles. The van der Waals surface area contributed by atoms with E-state index < -0.39 is 0 Å². The Labute approximate surface area is 94.9 Å². The Kier molecular flexibility index (Phi) is 3.72. The van der Waals surface area contributed by atoms with Gasteiger partial charge < -0.3 is 10.0 Å². The molecule has 0 radical (unpaired) electrons. The van der Waals surface area contributed by atoms with Gasteiger partial charge in [0.2, 0.25) is 0 Å². The van der Waals surface area contributed by atoms with Gasteiger partial charge in [-0.2, -0.15) is 0 Å². The van der Waals surface area contributed by atoms with Crippen LogP contribution in [0.1, 0.15) is 25.7 Å². The van der Waals surface area contributed by atoms with Crippen LogP contribution in [0.25, 0.3) is 0 Å². The number of aliphatic hydroxyl groups is 1. The molecule has 88 valence electrons. The van der Waals surface area contributed by atoms with Crippen molar-refractivity contribution in [2.24, 2.45) is 0 Å². The van der Waals surface area contributed by atoms with Crippen LogP contribution in [0.3, 0.4) is 0 Å². The second-order valence-corrected chi connectivity index (χ2v) is 4.16. The average molecular weight is 224 g/mol. The third kappa shape index (κ3) is 2.32. The van der Waals surface area contributed by atoms with E-state index in [4.69, 9.17) is 5.11 Å². The largest absolute Gasteiger partial charge is 0.396 e. The zero-order valence-electron chi connectivity index (χ0n) is 9.27. The lowest BCUT2D eigenvalue weighted by Gasteiger charge is -2.36. The minimum atomic E-state index is -0.271. The van der Waals surface area contributed by atoms with Crippen LogP contribution >= 0.6 is 0 Å². The number of anilines is 1. The lowest BCUT2D eigenvalue weighted by molar-refractivity contribution is 0.261. The number of halogens is 1. The van der Waals surface area contributed by atoms with Crippen molar-refractivity contribution < 1.29 is 9.50 Å². The van der Waals surface area contributed by atoms with Crippen LogP contribution in [0.15, 0.2) is 18.3 Å². The molecule has 3 nitrogen and oxygen atoms in total. The Bertz CT molecular complexity index is 344. The molecule has 0 aliphatic carbocycles. The lowest BCUT2D eigenvalue weighted by Crippen LogP contribution is -2.41. The van der Waals surface area contributed by atoms with Crippen molar-refractivity contribution in [1.29, 1.82) is 0 Å². The van der Waals surface area contributed by atoms with Gasteiger partial charge >= 0.3 is 0 Å². The van der Waals surface area contributed by atoms with Crippen LogP contribution in [0.2, 0.25) is 0 Å². The molecule has 1 N–H and O–H groups in total. The van der Waals surface area contributed by atoms with E-state index in [1.165, 1.54) is 6.07 Å². The Morgan fingerprint density at radius 1 is 1.50 bits per heavy atom. The molecule has 1 unspecified atom stereocenters. The molecule has 1 aromatic rings. The molecule has 1 saturated heterocycles. The summed E-state index contributed by atoms with van der Waals surface area (Å²) in [5.41, 5.74) is 0. The molecular formula is C12H17FN2O. The third-order valence-electron chi connectivity index (χ3n) is 3.10. The van der Waals surface area contributed by atoms with Crippen LogP contribution in [-0.2, 0) is 0 Å². The SMILES string of the molecule is OCCC1CCCCN1c1ncccc1F. The predicted octanol–water partition coefficient (Wildman–Crippen LogP) is 1.96. The number of rotatable bonds is 3. The first-order chi connectivity index (χ1) is 7.83. The fourth-order valence-corrected chi connectivity index (χ4v) is 2.32. The molecule has 4 heteroatoms. The highest BCUT2D eigenvalue weighted by Crippen LogP contribution is 2.26. The summed E-state index contributed by atoms with van der Waals surface area (Å²) < 4.78 is 13.6. The summed E-state index contributed by atoms with van der Waals surface area (Å²) in [5, 5.41) is 9.01. The highest BCUT2D eigenvalue weighted by Gasteiger charge is 2.24. The maximum Gasteiger partial charge on any atom is 0.165 e. The van der Waals surface area contributed by atoms with E-state index in [1.807, 2.05) is 4.90 Å². The number of pyridine rings is 1. The van der Waals surface area contributed by atoms with Crippen molar-refractivity contribution in [3.63, 3.8) is 0 Å². The second-order valence-electron chi connectivity index (χ2n) is 4.16. The van der Waals surface area contributed by atoms with Gasteiger partial charge in [-0.1, -0.05) is 0 Å².